The third kappa shape index (κ3) is 11.2. The molecule has 33 heavy (non-hydrogen) atoms. The van der Waals surface area contributed by atoms with E-state index in [1.54, 1.807) is 30.3 Å². The number of amides is 2. The third-order valence-electron chi connectivity index (χ3n) is 4.26. The smallest absolute Gasteiger partial charge is 0.242 e. The molecule has 0 spiro atoms. The van der Waals surface area contributed by atoms with E-state index in [4.69, 9.17) is 11.5 Å². The number of benzene rings is 1. The molecular weight excluding hydrogens is 452 g/mol. The lowest BCUT2D eigenvalue weighted by atomic mass is 10.1. The maximum Gasteiger partial charge on any atom is 0.242 e. The van der Waals surface area contributed by atoms with Gasteiger partial charge in [0.2, 0.25) is 21.8 Å². The average Bonchev–Trinajstić information content (AvgIpc) is 2.78. The topological polar surface area (TPSA) is 206 Å². The van der Waals surface area contributed by atoms with Crippen molar-refractivity contribution >= 4 is 40.2 Å². The Labute approximate surface area is 192 Å². The van der Waals surface area contributed by atoms with Crippen LogP contribution >= 0.6 is 0 Å². The molecule has 0 fully saturated rings. The van der Waals surface area contributed by atoms with Crippen molar-refractivity contribution in [3.05, 3.63) is 41.3 Å². The van der Waals surface area contributed by atoms with Crippen LogP contribution in [0, 0.1) is 0 Å². The molecule has 0 saturated heterocycles. The molecule has 182 valence electrons. The van der Waals surface area contributed by atoms with Crippen molar-refractivity contribution in [3.63, 3.8) is 0 Å². The minimum Gasteiger partial charge on any atom is -0.394 e. The van der Waals surface area contributed by atoms with E-state index >= 15 is 0 Å². The molecule has 0 aliphatic heterocycles. The summed E-state index contributed by atoms with van der Waals surface area (Å²) in [5, 5.41) is 15.1. The molecule has 0 saturated carbocycles. The number of aliphatic imine (C=N–C) groups is 1. The van der Waals surface area contributed by atoms with Crippen LogP contribution in [0.25, 0.3) is 6.08 Å². The zero-order valence-electron chi connectivity index (χ0n) is 18.2. The Kier molecular flexibility index (Phi) is 11.8. The molecule has 1 unspecified atom stereocenters. The number of aliphatic hydroxyl groups is 1. The highest BCUT2D eigenvalue weighted by molar-refractivity contribution is 7.92. The van der Waals surface area contributed by atoms with Gasteiger partial charge in [-0.2, -0.15) is 4.72 Å². The van der Waals surface area contributed by atoms with Crippen molar-refractivity contribution in [2.45, 2.75) is 37.9 Å². The first-order valence-electron chi connectivity index (χ1n) is 10.1. The van der Waals surface area contributed by atoms with Crippen molar-refractivity contribution in [2.75, 3.05) is 13.2 Å². The molecule has 0 radical (unpaired) electrons. The largest absolute Gasteiger partial charge is 0.394 e. The fourth-order valence-corrected chi connectivity index (χ4v) is 3.52. The molecule has 1 rings (SSSR count). The highest BCUT2D eigenvalue weighted by Gasteiger charge is 2.26. The Balaban J connectivity index is 2.62. The van der Waals surface area contributed by atoms with E-state index in [2.05, 4.69) is 20.3 Å². The Bertz CT molecular complexity index is 947. The molecule has 0 aromatic heterocycles. The maximum absolute atomic E-state index is 12.4. The van der Waals surface area contributed by atoms with Crippen LogP contribution in [0.4, 0.5) is 0 Å². The summed E-state index contributed by atoms with van der Waals surface area (Å²) in [5.41, 5.74) is 11.0. The number of nitrogens with two attached hydrogens (primary N) is 2. The van der Waals surface area contributed by atoms with E-state index in [1.165, 1.54) is 13.0 Å². The second kappa shape index (κ2) is 14.0. The number of hydrogen-bond acceptors (Lipinski definition) is 7. The third-order valence-corrected chi connectivity index (χ3v) is 5.36. The van der Waals surface area contributed by atoms with Gasteiger partial charge in [-0.1, -0.05) is 30.3 Å². The Hall–Kier alpha value is -3.29. The maximum atomic E-state index is 12.4. The molecular formula is C20H30N6O6S. The van der Waals surface area contributed by atoms with Crippen LogP contribution in [0.5, 0.6) is 0 Å². The summed E-state index contributed by atoms with van der Waals surface area (Å²) in [6.45, 7) is 0.805. The van der Waals surface area contributed by atoms with Crippen LogP contribution in [0.2, 0.25) is 0 Å². The lowest BCUT2D eigenvalue weighted by Crippen LogP contribution is -2.54. The van der Waals surface area contributed by atoms with E-state index in [9.17, 15) is 27.9 Å². The highest BCUT2D eigenvalue weighted by Crippen LogP contribution is 2.04. The van der Waals surface area contributed by atoms with Gasteiger partial charge in [-0.25, -0.2) is 8.42 Å². The number of guanidine groups is 1. The van der Waals surface area contributed by atoms with E-state index < -0.39 is 46.6 Å². The normalized spacial score (nSPS) is 14.1. The standard InChI is InChI=1S/C20H30N6O6S/c1-14(18(29)25-16(12-27)8-5-10-23-20(21)22)24-19(30)17(13-28)26-33(31,32)11-9-15-6-3-2-4-7-15/h2-4,6-7,9,11-12,14,16-17,26,28H,5,8,10,13H2,1H3,(H,24,30)(H,25,29)(H4,21,22,23)/b11-9+/t14-,16?,17+/m0/s1. The number of hydrogen-bond donors (Lipinski definition) is 6. The second-order valence-electron chi connectivity index (χ2n) is 7.04. The first-order chi connectivity index (χ1) is 15.6. The molecule has 0 aliphatic rings. The molecule has 1 aromatic carbocycles. The van der Waals surface area contributed by atoms with Crippen LogP contribution in [-0.2, 0) is 24.4 Å². The van der Waals surface area contributed by atoms with E-state index in [0.717, 1.165) is 5.41 Å². The molecule has 3 atom stereocenters. The Morgan fingerprint density at radius 1 is 1.15 bits per heavy atom. The van der Waals surface area contributed by atoms with E-state index in [1.807, 2.05) is 0 Å². The number of rotatable bonds is 14. The number of aliphatic hydroxyl groups excluding tert-OH is 1. The van der Waals surface area contributed by atoms with Gasteiger partial charge >= 0.3 is 0 Å². The fourth-order valence-electron chi connectivity index (χ4n) is 2.52. The van der Waals surface area contributed by atoms with Gasteiger partial charge in [-0.15, -0.1) is 0 Å². The Morgan fingerprint density at radius 2 is 1.82 bits per heavy atom. The van der Waals surface area contributed by atoms with E-state index in [-0.39, 0.29) is 18.9 Å². The molecule has 13 heteroatoms. The number of carbonyl (C=O) groups is 3. The van der Waals surface area contributed by atoms with E-state index in [0.29, 0.717) is 18.3 Å². The lowest BCUT2D eigenvalue weighted by Gasteiger charge is -2.20. The fraction of sp³-hybridized carbons (Fsp3) is 0.400. The monoisotopic (exact) mass is 482 g/mol. The summed E-state index contributed by atoms with van der Waals surface area (Å²) in [5.74, 6) is -1.65. The van der Waals surface area contributed by atoms with Crippen molar-refractivity contribution in [1.82, 2.24) is 15.4 Å². The van der Waals surface area contributed by atoms with Crippen LogP contribution < -0.4 is 26.8 Å². The number of carbonyl (C=O) groups excluding carboxylic acids is 3. The first kappa shape index (κ1) is 27.7. The van der Waals surface area contributed by atoms with Crippen molar-refractivity contribution in [1.29, 1.82) is 0 Å². The van der Waals surface area contributed by atoms with Gasteiger partial charge in [-0.05, 0) is 31.4 Å². The van der Waals surface area contributed by atoms with Gasteiger partial charge in [0.05, 0.1) is 12.6 Å². The average molecular weight is 483 g/mol. The summed E-state index contributed by atoms with van der Waals surface area (Å²) in [4.78, 5) is 39.6. The van der Waals surface area contributed by atoms with Crippen molar-refractivity contribution in [3.8, 4) is 0 Å². The predicted molar refractivity (Wildman–Crippen MR) is 124 cm³/mol. The molecule has 1 aromatic rings. The minimum atomic E-state index is -4.06. The summed E-state index contributed by atoms with van der Waals surface area (Å²) in [7, 11) is -4.06. The first-order valence-corrected chi connectivity index (χ1v) is 11.6. The van der Waals surface area contributed by atoms with Crippen LogP contribution in [0.15, 0.2) is 40.7 Å². The van der Waals surface area contributed by atoms with Gasteiger partial charge in [0.15, 0.2) is 5.96 Å². The molecule has 12 nitrogen and oxygen atoms in total. The summed E-state index contributed by atoms with van der Waals surface area (Å²) in [6, 6.07) is 5.18. The molecule has 0 bridgehead atoms. The van der Waals surface area contributed by atoms with Crippen LogP contribution in [-0.4, -0.2) is 68.9 Å². The van der Waals surface area contributed by atoms with Gasteiger partial charge < -0.3 is 32.0 Å². The van der Waals surface area contributed by atoms with Gasteiger partial charge in [0.25, 0.3) is 0 Å². The predicted octanol–water partition coefficient (Wildman–Crippen LogP) is -1.82. The number of nitrogens with one attached hydrogen (secondary N) is 3. The summed E-state index contributed by atoms with van der Waals surface area (Å²) in [6.07, 6.45) is 2.59. The minimum absolute atomic E-state index is 0.0809. The number of sulfonamides is 1. The quantitative estimate of drug-likeness (QED) is 0.0768. The SMILES string of the molecule is C[C@H](NC(=O)[C@@H](CO)NS(=O)(=O)/C=C/c1ccccc1)C(=O)NC(C=O)CCCN=C(N)N. The van der Waals surface area contributed by atoms with Gasteiger partial charge in [0.1, 0.15) is 18.4 Å². The molecule has 0 aliphatic carbocycles. The summed E-state index contributed by atoms with van der Waals surface area (Å²) < 4.78 is 26.5. The zero-order valence-corrected chi connectivity index (χ0v) is 19.0. The highest BCUT2D eigenvalue weighted by atomic mass is 32.2. The van der Waals surface area contributed by atoms with Crippen LogP contribution in [0.1, 0.15) is 25.3 Å². The molecule has 8 N–H and O–H groups in total. The number of nitrogens with zero attached hydrogens (tertiary/aromatic N) is 1. The van der Waals surface area contributed by atoms with Gasteiger partial charge in [-0.3, -0.25) is 14.6 Å². The van der Waals surface area contributed by atoms with Crippen molar-refractivity contribution in [2.24, 2.45) is 16.5 Å². The zero-order chi connectivity index (χ0) is 24.9. The van der Waals surface area contributed by atoms with Crippen molar-refractivity contribution < 1.29 is 27.9 Å². The Morgan fingerprint density at radius 3 is 2.39 bits per heavy atom. The summed E-state index contributed by atoms with van der Waals surface area (Å²) >= 11 is 0. The lowest BCUT2D eigenvalue weighted by molar-refractivity contribution is -0.130. The number of aldehydes is 1. The van der Waals surface area contributed by atoms with Crippen LogP contribution in [0.3, 0.4) is 0 Å². The second-order valence-corrected chi connectivity index (χ2v) is 8.64. The molecule has 0 heterocycles. The molecule has 2 amide bonds. The van der Waals surface area contributed by atoms with Gasteiger partial charge in [0, 0.05) is 12.0 Å².